The highest BCUT2D eigenvalue weighted by Gasteiger charge is 2.28. The number of thiazole rings is 1. The minimum atomic E-state index is 0.233. The van der Waals surface area contributed by atoms with Crippen LogP contribution in [0.5, 0.6) is 0 Å². The van der Waals surface area contributed by atoms with E-state index in [-0.39, 0.29) is 5.78 Å². The molecule has 1 atom stereocenters. The molecule has 0 unspecified atom stereocenters. The molecule has 0 bridgehead atoms. The van der Waals surface area contributed by atoms with E-state index in [4.69, 9.17) is 5.73 Å². The molecule has 82 valence electrons. The summed E-state index contributed by atoms with van der Waals surface area (Å²) in [5.74, 6) is 1.34. The van der Waals surface area contributed by atoms with Crippen molar-refractivity contribution in [2.75, 3.05) is 5.73 Å². The Balaban J connectivity index is 2.18. The Morgan fingerprint density at radius 3 is 2.93 bits per heavy atom. The van der Waals surface area contributed by atoms with E-state index in [1.165, 1.54) is 11.3 Å². The summed E-state index contributed by atoms with van der Waals surface area (Å²) < 4.78 is 0. The molecule has 0 spiro atoms. The van der Waals surface area contributed by atoms with Crippen LogP contribution in [-0.4, -0.2) is 10.8 Å². The smallest absolute Gasteiger partial charge is 0.180 e. The highest BCUT2D eigenvalue weighted by Crippen LogP contribution is 2.33. The van der Waals surface area contributed by atoms with Gasteiger partial charge in [0.15, 0.2) is 10.9 Å². The van der Waals surface area contributed by atoms with Crippen molar-refractivity contribution >= 4 is 22.3 Å². The fourth-order valence-electron chi connectivity index (χ4n) is 2.26. The largest absolute Gasteiger partial charge is 0.375 e. The van der Waals surface area contributed by atoms with Gasteiger partial charge in [0, 0.05) is 6.42 Å². The van der Waals surface area contributed by atoms with E-state index in [1.54, 1.807) is 0 Å². The molecule has 0 saturated carbocycles. The van der Waals surface area contributed by atoms with Crippen molar-refractivity contribution in [3.8, 4) is 0 Å². The second kappa shape index (κ2) is 3.93. The van der Waals surface area contributed by atoms with Gasteiger partial charge in [-0.2, -0.15) is 0 Å². The van der Waals surface area contributed by atoms with Crippen molar-refractivity contribution < 1.29 is 4.79 Å². The standard InChI is InChI=1S/C11H16N2OS/c1-6(2)3-7-4-8-10(9(14)5-7)15-11(12)13-8/h6-7H,3-5H2,1-2H3,(H2,12,13)/t7-/m0/s1. The molecule has 1 aliphatic rings. The van der Waals surface area contributed by atoms with Gasteiger partial charge in [-0.15, -0.1) is 0 Å². The minimum Gasteiger partial charge on any atom is -0.375 e. The van der Waals surface area contributed by atoms with Crippen LogP contribution in [0.4, 0.5) is 5.13 Å². The van der Waals surface area contributed by atoms with Crippen LogP contribution in [-0.2, 0) is 6.42 Å². The third kappa shape index (κ3) is 2.20. The van der Waals surface area contributed by atoms with E-state index in [2.05, 4.69) is 18.8 Å². The molecule has 0 radical (unpaired) electrons. The normalized spacial score (nSPS) is 20.7. The number of rotatable bonds is 2. The van der Waals surface area contributed by atoms with Crippen molar-refractivity contribution in [3.63, 3.8) is 0 Å². The lowest BCUT2D eigenvalue weighted by atomic mass is 9.84. The summed E-state index contributed by atoms with van der Waals surface area (Å²) in [4.78, 5) is 16.8. The SMILES string of the molecule is CC(C)C[C@@H]1CC(=O)c2sc(N)nc2C1. The van der Waals surface area contributed by atoms with Gasteiger partial charge in [0.05, 0.1) is 10.6 Å². The van der Waals surface area contributed by atoms with Crippen LogP contribution >= 0.6 is 11.3 Å². The van der Waals surface area contributed by atoms with Gasteiger partial charge >= 0.3 is 0 Å². The molecule has 0 aliphatic heterocycles. The van der Waals surface area contributed by atoms with Crippen molar-refractivity contribution in [3.05, 3.63) is 10.6 Å². The fourth-order valence-corrected chi connectivity index (χ4v) is 3.07. The van der Waals surface area contributed by atoms with E-state index >= 15 is 0 Å². The lowest BCUT2D eigenvalue weighted by Gasteiger charge is -2.21. The number of hydrogen-bond donors (Lipinski definition) is 1. The molecule has 0 fully saturated rings. The second-order valence-corrected chi connectivity index (χ2v) is 5.69. The summed E-state index contributed by atoms with van der Waals surface area (Å²) in [6.07, 6.45) is 2.70. The molecule has 3 nitrogen and oxygen atoms in total. The van der Waals surface area contributed by atoms with Gasteiger partial charge in [0.2, 0.25) is 0 Å². The van der Waals surface area contributed by atoms with Gasteiger partial charge in [-0.1, -0.05) is 25.2 Å². The number of aromatic nitrogens is 1. The lowest BCUT2D eigenvalue weighted by Crippen LogP contribution is -2.20. The molecule has 2 rings (SSSR count). The highest BCUT2D eigenvalue weighted by atomic mass is 32.1. The van der Waals surface area contributed by atoms with Crippen molar-refractivity contribution in [2.45, 2.75) is 33.1 Å². The van der Waals surface area contributed by atoms with Gasteiger partial charge in [-0.3, -0.25) is 4.79 Å². The Bertz CT molecular complexity index is 384. The zero-order valence-corrected chi connectivity index (χ0v) is 9.93. The molecule has 0 aromatic carbocycles. The van der Waals surface area contributed by atoms with Crippen LogP contribution in [0.2, 0.25) is 0 Å². The van der Waals surface area contributed by atoms with Crippen LogP contribution in [0.25, 0.3) is 0 Å². The first-order chi connectivity index (χ1) is 7.06. The topological polar surface area (TPSA) is 56.0 Å². The first-order valence-corrected chi connectivity index (χ1v) is 6.16. The average molecular weight is 224 g/mol. The molecule has 15 heavy (non-hydrogen) atoms. The lowest BCUT2D eigenvalue weighted by molar-refractivity contribution is 0.0946. The predicted octanol–water partition coefficient (Wildman–Crippen LogP) is 2.52. The van der Waals surface area contributed by atoms with Crippen molar-refractivity contribution in [2.24, 2.45) is 11.8 Å². The maximum Gasteiger partial charge on any atom is 0.180 e. The van der Waals surface area contributed by atoms with E-state index < -0.39 is 0 Å². The quantitative estimate of drug-likeness (QED) is 0.839. The zero-order chi connectivity index (χ0) is 11.0. The minimum absolute atomic E-state index is 0.233. The number of fused-ring (bicyclic) bond motifs is 1. The molecule has 4 heteroatoms. The van der Waals surface area contributed by atoms with E-state index in [1.807, 2.05) is 0 Å². The number of carbonyl (C=O) groups excluding carboxylic acids is 1. The summed E-state index contributed by atoms with van der Waals surface area (Å²) >= 11 is 1.34. The molecule has 0 saturated heterocycles. The van der Waals surface area contributed by atoms with Gasteiger partial charge in [0.25, 0.3) is 0 Å². The first-order valence-electron chi connectivity index (χ1n) is 5.34. The Morgan fingerprint density at radius 1 is 1.53 bits per heavy atom. The van der Waals surface area contributed by atoms with Crippen molar-refractivity contribution in [1.82, 2.24) is 4.98 Å². The number of Topliss-reactive ketones (excluding diaryl/α,β-unsaturated/α-hetero) is 1. The van der Waals surface area contributed by atoms with Crippen LogP contribution < -0.4 is 5.73 Å². The van der Waals surface area contributed by atoms with E-state index in [9.17, 15) is 4.79 Å². The fraction of sp³-hybridized carbons (Fsp3) is 0.636. The molecule has 2 N–H and O–H groups in total. The number of ketones is 1. The third-order valence-corrected chi connectivity index (χ3v) is 3.70. The first kappa shape index (κ1) is 10.6. The second-order valence-electron chi connectivity index (χ2n) is 4.65. The third-order valence-electron chi connectivity index (χ3n) is 2.73. The Labute approximate surface area is 93.7 Å². The Hall–Kier alpha value is -0.900. The highest BCUT2D eigenvalue weighted by molar-refractivity contribution is 7.17. The maximum atomic E-state index is 11.8. The van der Waals surface area contributed by atoms with Crippen LogP contribution in [0.1, 0.15) is 42.1 Å². The number of carbonyl (C=O) groups is 1. The summed E-state index contributed by atoms with van der Waals surface area (Å²) in [6, 6.07) is 0. The number of anilines is 1. The molecule has 1 heterocycles. The predicted molar refractivity (Wildman–Crippen MR) is 62.1 cm³/mol. The summed E-state index contributed by atoms with van der Waals surface area (Å²) in [7, 11) is 0. The van der Waals surface area contributed by atoms with Gasteiger partial charge in [-0.25, -0.2) is 4.98 Å². The van der Waals surface area contributed by atoms with Crippen LogP contribution in [0.15, 0.2) is 0 Å². The molecule has 1 aliphatic carbocycles. The maximum absolute atomic E-state index is 11.8. The molecule has 0 amide bonds. The van der Waals surface area contributed by atoms with Gasteiger partial charge in [-0.05, 0) is 24.7 Å². The van der Waals surface area contributed by atoms with Gasteiger partial charge in [0.1, 0.15) is 0 Å². The van der Waals surface area contributed by atoms with Gasteiger partial charge < -0.3 is 5.73 Å². The number of nitrogen functional groups attached to an aromatic ring is 1. The summed E-state index contributed by atoms with van der Waals surface area (Å²) in [6.45, 7) is 4.38. The number of nitrogens with zero attached hydrogens (tertiary/aromatic N) is 1. The molecular weight excluding hydrogens is 208 g/mol. The molecule has 1 aromatic rings. The zero-order valence-electron chi connectivity index (χ0n) is 9.12. The Kier molecular flexibility index (Phi) is 2.78. The number of hydrogen-bond acceptors (Lipinski definition) is 4. The van der Waals surface area contributed by atoms with Crippen LogP contribution in [0, 0.1) is 11.8 Å². The number of nitrogens with two attached hydrogens (primary N) is 1. The Morgan fingerprint density at radius 2 is 2.27 bits per heavy atom. The average Bonchev–Trinajstić information content (AvgIpc) is 2.44. The van der Waals surface area contributed by atoms with E-state index in [0.29, 0.717) is 23.4 Å². The monoisotopic (exact) mass is 224 g/mol. The molecule has 1 aromatic heterocycles. The summed E-state index contributed by atoms with van der Waals surface area (Å²) in [5, 5.41) is 0.526. The molecular formula is C11H16N2OS. The van der Waals surface area contributed by atoms with Crippen LogP contribution in [0.3, 0.4) is 0 Å². The van der Waals surface area contributed by atoms with E-state index in [0.717, 1.165) is 23.4 Å². The van der Waals surface area contributed by atoms with Crippen molar-refractivity contribution in [1.29, 1.82) is 0 Å². The summed E-state index contributed by atoms with van der Waals surface area (Å²) in [5.41, 5.74) is 6.55.